The molecule has 162 valence electrons. The molecule has 4 heterocycles. The molecule has 0 saturated carbocycles. The largest absolute Gasteiger partial charge is 0.369 e. The second kappa shape index (κ2) is 9.06. The highest BCUT2D eigenvalue weighted by molar-refractivity contribution is 5.56. The Labute approximate surface area is 183 Å². The third-order valence-corrected chi connectivity index (χ3v) is 6.28. The summed E-state index contributed by atoms with van der Waals surface area (Å²) in [6.45, 7) is 8.98. The zero-order valence-corrected chi connectivity index (χ0v) is 18.2. The fourth-order valence-electron chi connectivity index (χ4n) is 4.38. The number of piperazine rings is 1. The first-order chi connectivity index (χ1) is 15.2. The average Bonchev–Trinajstić information content (AvgIpc) is 3.29. The maximum atomic E-state index is 5.54. The van der Waals surface area contributed by atoms with Gasteiger partial charge in [0.1, 0.15) is 5.82 Å². The lowest BCUT2D eigenvalue weighted by Crippen LogP contribution is -2.46. The summed E-state index contributed by atoms with van der Waals surface area (Å²) in [4.78, 5) is 16.4. The number of piperidine rings is 1. The summed E-state index contributed by atoms with van der Waals surface area (Å²) in [7, 11) is 0. The monoisotopic (exact) mass is 418 g/mol. The van der Waals surface area contributed by atoms with Crippen LogP contribution in [0.2, 0.25) is 0 Å². The molecule has 0 amide bonds. The fourth-order valence-corrected chi connectivity index (χ4v) is 4.38. The van der Waals surface area contributed by atoms with Gasteiger partial charge in [0.15, 0.2) is 0 Å². The van der Waals surface area contributed by atoms with Gasteiger partial charge in [-0.3, -0.25) is 4.90 Å². The quantitative estimate of drug-likeness (QED) is 0.625. The summed E-state index contributed by atoms with van der Waals surface area (Å²) in [5, 5.41) is 4.19. The Kier molecular flexibility index (Phi) is 5.84. The normalized spacial score (nSPS) is 17.8. The molecule has 0 radical (unpaired) electrons. The molecule has 2 saturated heterocycles. The molecule has 0 atom stereocenters. The van der Waals surface area contributed by atoms with E-state index in [1.54, 1.807) is 0 Å². The summed E-state index contributed by atoms with van der Waals surface area (Å²) < 4.78 is 5.54. The van der Waals surface area contributed by atoms with Crippen molar-refractivity contribution in [3.8, 4) is 11.4 Å². The van der Waals surface area contributed by atoms with E-state index in [0.29, 0.717) is 18.3 Å². The molecular formula is C24H30N6O. The molecule has 2 aromatic heterocycles. The number of anilines is 2. The smallest absolute Gasteiger partial charge is 0.241 e. The first-order valence-corrected chi connectivity index (χ1v) is 11.3. The number of rotatable bonds is 5. The molecule has 0 aliphatic carbocycles. The van der Waals surface area contributed by atoms with Gasteiger partial charge < -0.3 is 14.3 Å². The third kappa shape index (κ3) is 4.71. The summed E-state index contributed by atoms with van der Waals surface area (Å²) >= 11 is 0. The molecule has 1 aromatic carbocycles. The predicted molar refractivity (Wildman–Crippen MR) is 122 cm³/mol. The van der Waals surface area contributed by atoms with E-state index in [0.717, 1.165) is 50.6 Å². The number of aromatic nitrogens is 3. The Bertz CT molecular complexity index is 970. The molecule has 7 heteroatoms. The molecule has 0 spiro atoms. The maximum Gasteiger partial charge on any atom is 0.241 e. The highest BCUT2D eigenvalue weighted by atomic mass is 16.5. The molecule has 0 N–H and O–H groups in total. The van der Waals surface area contributed by atoms with Crippen molar-refractivity contribution in [3.05, 3.63) is 54.0 Å². The Morgan fingerprint density at radius 1 is 0.839 bits per heavy atom. The summed E-state index contributed by atoms with van der Waals surface area (Å²) in [6, 6.07) is 12.9. The van der Waals surface area contributed by atoms with E-state index in [1.807, 2.05) is 12.3 Å². The van der Waals surface area contributed by atoms with Crippen LogP contribution in [0.25, 0.3) is 11.4 Å². The molecule has 0 bridgehead atoms. The molecule has 7 nitrogen and oxygen atoms in total. The second-order valence-corrected chi connectivity index (χ2v) is 8.56. The Morgan fingerprint density at radius 2 is 1.61 bits per heavy atom. The molecular weight excluding hydrogens is 388 g/mol. The molecule has 2 aliphatic heterocycles. The van der Waals surface area contributed by atoms with Crippen molar-refractivity contribution in [1.29, 1.82) is 0 Å². The van der Waals surface area contributed by atoms with Gasteiger partial charge in [-0.05, 0) is 50.5 Å². The van der Waals surface area contributed by atoms with Gasteiger partial charge in [-0.15, -0.1) is 0 Å². The first-order valence-electron chi connectivity index (χ1n) is 11.3. The van der Waals surface area contributed by atoms with E-state index in [2.05, 4.69) is 67.1 Å². The van der Waals surface area contributed by atoms with Gasteiger partial charge >= 0.3 is 0 Å². The number of pyridine rings is 1. The lowest BCUT2D eigenvalue weighted by molar-refractivity contribution is 0.215. The van der Waals surface area contributed by atoms with E-state index >= 15 is 0 Å². The van der Waals surface area contributed by atoms with Crippen molar-refractivity contribution in [1.82, 2.24) is 20.0 Å². The standard InChI is InChI=1S/C24H30N6O/c1-19-5-8-21(9-6-19)29-15-13-28(14-16-29)18-23-26-24(27-31-23)20-7-10-22(25-17-20)30-11-3-2-4-12-30/h5-10,17H,2-4,11-16,18H2,1H3. The Balaban J connectivity index is 1.16. The van der Waals surface area contributed by atoms with Crippen LogP contribution in [-0.4, -0.2) is 59.3 Å². The van der Waals surface area contributed by atoms with Crippen molar-refractivity contribution in [3.63, 3.8) is 0 Å². The minimum absolute atomic E-state index is 0.617. The number of hydrogen-bond donors (Lipinski definition) is 0. The van der Waals surface area contributed by atoms with Gasteiger partial charge in [-0.2, -0.15) is 4.98 Å². The first kappa shape index (κ1) is 20.0. The molecule has 3 aromatic rings. The van der Waals surface area contributed by atoms with Crippen LogP contribution in [0.1, 0.15) is 30.7 Å². The van der Waals surface area contributed by atoms with Crippen LogP contribution in [0.5, 0.6) is 0 Å². The zero-order valence-electron chi connectivity index (χ0n) is 18.2. The molecule has 31 heavy (non-hydrogen) atoms. The summed E-state index contributed by atoms with van der Waals surface area (Å²) in [5.74, 6) is 2.32. The average molecular weight is 419 g/mol. The van der Waals surface area contributed by atoms with E-state index in [-0.39, 0.29) is 0 Å². The van der Waals surface area contributed by atoms with E-state index in [1.165, 1.54) is 30.5 Å². The summed E-state index contributed by atoms with van der Waals surface area (Å²) in [6.07, 6.45) is 5.67. The van der Waals surface area contributed by atoms with E-state index < -0.39 is 0 Å². The van der Waals surface area contributed by atoms with Crippen LogP contribution in [0.4, 0.5) is 11.5 Å². The number of aryl methyl sites for hydroxylation is 1. The van der Waals surface area contributed by atoms with Crippen LogP contribution in [0, 0.1) is 6.92 Å². The minimum Gasteiger partial charge on any atom is -0.369 e. The van der Waals surface area contributed by atoms with Crippen LogP contribution < -0.4 is 9.80 Å². The highest BCUT2D eigenvalue weighted by Crippen LogP contribution is 2.22. The van der Waals surface area contributed by atoms with Gasteiger partial charge in [0, 0.05) is 56.7 Å². The van der Waals surface area contributed by atoms with Crippen molar-refractivity contribution in [2.75, 3.05) is 49.1 Å². The predicted octanol–water partition coefficient (Wildman–Crippen LogP) is 3.75. The third-order valence-electron chi connectivity index (χ3n) is 6.28. The Morgan fingerprint density at radius 3 is 2.32 bits per heavy atom. The molecule has 0 unspecified atom stereocenters. The lowest BCUT2D eigenvalue weighted by Gasteiger charge is -2.35. The summed E-state index contributed by atoms with van der Waals surface area (Å²) in [5.41, 5.74) is 3.50. The SMILES string of the molecule is Cc1ccc(N2CCN(Cc3nc(-c4ccc(N5CCCCC5)nc4)no3)CC2)cc1. The van der Waals surface area contributed by atoms with Gasteiger partial charge in [0.05, 0.1) is 6.54 Å². The second-order valence-electron chi connectivity index (χ2n) is 8.56. The van der Waals surface area contributed by atoms with Crippen molar-refractivity contribution >= 4 is 11.5 Å². The molecule has 2 aliphatic rings. The topological polar surface area (TPSA) is 61.5 Å². The van der Waals surface area contributed by atoms with E-state index in [9.17, 15) is 0 Å². The Hall–Kier alpha value is -2.93. The van der Waals surface area contributed by atoms with Crippen molar-refractivity contribution < 1.29 is 4.52 Å². The van der Waals surface area contributed by atoms with Crippen LogP contribution in [-0.2, 0) is 6.54 Å². The van der Waals surface area contributed by atoms with Gasteiger partial charge in [0.25, 0.3) is 0 Å². The lowest BCUT2D eigenvalue weighted by atomic mass is 10.1. The number of hydrogen-bond acceptors (Lipinski definition) is 7. The van der Waals surface area contributed by atoms with Gasteiger partial charge in [-0.25, -0.2) is 4.98 Å². The van der Waals surface area contributed by atoms with Crippen LogP contribution in [0.3, 0.4) is 0 Å². The van der Waals surface area contributed by atoms with E-state index in [4.69, 9.17) is 4.52 Å². The minimum atomic E-state index is 0.617. The van der Waals surface area contributed by atoms with Crippen LogP contribution in [0.15, 0.2) is 47.1 Å². The van der Waals surface area contributed by atoms with Crippen molar-refractivity contribution in [2.24, 2.45) is 0 Å². The number of nitrogens with zero attached hydrogens (tertiary/aromatic N) is 6. The zero-order chi connectivity index (χ0) is 21.0. The van der Waals surface area contributed by atoms with Gasteiger partial charge in [0.2, 0.25) is 11.7 Å². The van der Waals surface area contributed by atoms with Gasteiger partial charge in [-0.1, -0.05) is 22.9 Å². The fraction of sp³-hybridized carbons (Fsp3) is 0.458. The molecule has 5 rings (SSSR count). The maximum absolute atomic E-state index is 5.54. The van der Waals surface area contributed by atoms with Crippen LogP contribution >= 0.6 is 0 Å². The van der Waals surface area contributed by atoms with Crippen molar-refractivity contribution in [2.45, 2.75) is 32.7 Å². The molecule has 2 fully saturated rings. The number of benzene rings is 1. The highest BCUT2D eigenvalue weighted by Gasteiger charge is 2.20.